The summed E-state index contributed by atoms with van der Waals surface area (Å²) in [5.41, 5.74) is 1.98. The molecule has 0 aliphatic rings. The van der Waals surface area contributed by atoms with Crippen molar-refractivity contribution >= 4 is 22.7 Å². The van der Waals surface area contributed by atoms with Gasteiger partial charge in [0.15, 0.2) is 5.06 Å². The van der Waals surface area contributed by atoms with Crippen LogP contribution in [0.25, 0.3) is 0 Å². The van der Waals surface area contributed by atoms with Crippen molar-refractivity contribution in [2.24, 2.45) is 0 Å². The number of hydrogen-bond donors (Lipinski definition) is 0. The van der Waals surface area contributed by atoms with Gasteiger partial charge in [0, 0.05) is 16.0 Å². The maximum atomic E-state index is 5.16. The van der Waals surface area contributed by atoms with Gasteiger partial charge in [-0.1, -0.05) is 35.0 Å². The molecule has 112 valence electrons. The molecule has 0 spiro atoms. The van der Waals surface area contributed by atoms with E-state index in [1.807, 2.05) is 36.4 Å². The van der Waals surface area contributed by atoms with E-state index in [-0.39, 0.29) is 0 Å². The molecule has 0 amide bonds. The van der Waals surface area contributed by atoms with Gasteiger partial charge < -0.3 is 4.74 Å². The quantitative estimate of drug-likeness (QED) is 0.574. The first-order valence-corrected chi connectivity index (χ1v) is 8.70. The fourth-order valence-corrected chi connectivity index (χ4v) is 3.30. The average Bonchev–Trinajstić information content (AvgIpc) is 3.20. The predicted octanol–water partition coefficient (Wildman–Crippen LogP) is 4.93. The van der Waals surface area contributed by atoms with Crippen LogP contribution in [0.1, 0.15) is 25.8 Å². The smallest absolute Gasteiger partial charge is 0.174 e. The molecule has 3 aromatic rings. The molecular weight excluding hydrogens is 320 g/mol. The summed E-state index contributed by atoms with van der Waals surface area (Å²) in [4.78, 5) is 3.38. The Kier molecular flexibility index (Phi) is 4.83. The second kappa shape index (κ2) is 7.20. The summed E-state index contributed by atoms with van der Waals surface area (Å²) in [6, 6.07) is 16.1. The highest BCUT2D eigenvalue weighted by atomic mass is 32.1. The molecule has 0 bridgehead atoms. The summed E-state index contributed by atoms with van der Waals surface area (Å²) >= 11 is 3.26. The molecule has 0 saturated heterocycles. The number of ether oxygens (including phenoxy) is 1. The zero-order chi connectivity index (χ0) is 16.1. The van der Waals surface area contributed by atoms with Gasteiger partial charge >= 0.3 is 0 Å². The van der Waals surface area contributed by atoms with E-state index >= 15 is 0 Å². The van der Waals surface area contributed by atoms with Gasteiger partial charge in [0.05, 0.1) is 16.9 Å². The number of hydrogen-bond acceptors (Lipinski definition) is 3. The summed E-state index contributed by atoms with van der Waals surface area (Å²) in [5.74, 6) is 12.7. The first kappa shape index (κ1) is 15.4. The Labute approximate surface area is 144 Å². The molecule has 1 aromatic carbocycles. The Bertz CT molecular complexity index is 922. The fourth-order valence-electron chi connectivity index (χ4n) is 1.90. The average molecular weight is 334 g/mol. The third-order valence-electron chi connectivity index (χ3n) is 3.07. The van der Waals surface area contributed by atoms with Crippen LogP contribution >= 0.6 is 22.7 Å². The zero-order valence-corrected chi connectivity index (χ0v) is 14.5. The topological polar surface area (TPSA) is 9.23 Å². The molecule has 0 atom stereocenters. The van der Waals surface area contributed by atoms with E-state index in [1.54, 1.807) is 29.8 Å². The second-order valence-electron chi connectivity index (χ2n) is 4.81. The molecule has 3 rings (SSSR count). The summed E-state index contributed by atoms with van der Waals surface area (Å²) in [7, 11) is 1.67. The van der Waals surface area contributed by atoms with Gasteiger partial charge in [-0.15, -0.1) is 11.3 Å². The van der Waals surface area contributed by atoms with E-state index < -0.39 is 0 Å². The van der Waals surface area contributed by atoms with E-state index in [2.05, 4.69) is 42.7 Å². The molecule has 0 saturated carbocycles. The fraction of sp³-hybridized carbons (Fsp3) is 0.100. The Hall–Kier alpha value is -2.46. The SMILES string of the molecule is COc1ccc(C#Cc2ccc(C#Cc3ccc(C)s3)cc2)s1. The van der Waals surface area contributed by atoms with Gasteiger partial charge in [0.1, 0.15) is 0 Å². The van der Waals surface area contributed by atoms with Crippen LogP contribution in [0.15, 0.2) is 48.5 Å². The first-order chi connectivity index (χ1) is 11.2. The van der Waals surface area contributed by atoms with Gasteiger partial charge in [-0.25, -0.2) is 0 Å². The van der Waals surface area contributed by atoms with E-state index in [4.69, 9.17) is 4.74 Å². The molecule has 0 fully saturated rings. The van der Waals surface area contributed by atoms with Gasteiger partial charge in [-0.2, -0.15) is 0 Å². The van der Waals surface area contributed by atoms with Gasteiger partial charge in [0.2, 0.25) is 0 Å². The van der Waals surface area contributed by atoms with Crippen LogP contribution in [0.2, 0.25) is 0 Å². The molecule has 1 nitrogen and oxygen atoms in total. The predicted molar refractivity (Wildman–Crippen MR) is 98.3 cm³/mol. The summed E-state index contributed by atoms with van der Waals surface area (Å²) in [5, 5.41) is 0.878. The molecule has 2 aromatic heterocycles. The third-order valence-corrected chi connectivity index (χ3v) is 4.95. The molecule has 0 unspecified atom stereocenters. The monoisotopic (exact) mass is 334 g/mol. The number of aryl methyl sites for hydroxylation is 1. The maximum absolute atomic E-state index is 5.16. The second-order valence-corrected chi connectivity index (χ2v) is 7.14. The van der Waals surface area contributed by atoms with Gasteiger partial charge in [0.25, 0.3) is 0 Å². The lowest BCUT2D eigenvalue weighted by Crippen LogP contribution is -1.77. The van der Waals surface area contributed by atoms with Crippen LogP contribution in [-0.2, 0) is 0 Å². The lowest BCUT2D eigenvalue weighted by Gasteiger charge is -1.91. The summed E-state index contributed by atoms with van der Waals surface area (Å²) in [6.07, 6.45) is 0. The van der Waals surface area contributed by atoms with Gasteiger partial charge in [-0.3, -0.25) is 0 Å². The molecule has 2 heterocycles. The Balaban J connectivity index is 1.71. The highest BCUT2D eigenvalue weighted by Crippen LogP contribution is 2.22. The van der Waals surface area contributed by atoms with Crippen molar-refractivity contribution in [1.29, 1.82) is 0 Å². The van der Waals surface area contributed by atoms with Crippen molar-refractivity contribution in [2.45, 2.75) is 6.92 Å². The van der Waals surface area contributed by atoms with Crippen molar-refractivity contribution in [3.63, 3.8) is 0 Å². The lowest BCUT2D eigenvalue weighted by atomic mass is 10.1. The minimum atomic E-state index is 0.878. The number of thiophene rings is 2. The largest absolute Gasteiger partial charge is 0.487 e. The molecule has 0 N–H and O–H groups in total. The van der Waals surface area contributed by atoms with E-state index in [1.165, 1.54) is 4.88 Å². The molecular formula is C20H14OS2. The highest BCUT2D eigenvalue weighted by Gasteiger charge is 1.96. The minimum absolute atomic E-state index is 0.878. The van der Waals surface area contributed by atoms with E-state index in [9.17, 15) is 0 Å². The minimum Gasteiger partial charge on any atom is -0.487 e. The highest BCUT2D eigenvalue weighted by molar-refractivity contribution is 7.14. The summed E-state index contributed by atoms with van der Waals surface area (Å²) in [6.45, 7) is 2.09. The normalized spacial score (nSPS) is 9.48. The van der Waals surface area contributed by atoms with Crippen LogP contribution in [-0.4, -0.2) is 7.11 Å². The molecule has 0 aliphatic carbocycles. The molecule has 0 aliphatic heterocycles. The van der Waals surface area contributed by atoms with Crippen molar-refractivity contribution in [1.82, 2.24) is 0 Å². The molecule has 23 heavy (non-hydrogen) atoms. The number of rotatable bonds is 1. The molecule has 0 radical (unpaired) electrons. The van der Waals surface area contributed by atoms with Gasteiger partial charge in [-0.05, 0) is 55.5 Å². The lowest BCUT2D eigenvalue weighted by molar-refractivity contribution is 0.427. The first-order valence-electron chi connectivity index (χ1n) is 7.07. The Morgan fingerprint density at radius 1 is 0.696 bits per heavy atom. The Morgan fingerprint density at radius 2 is 1.26 bits per heavy atom. The zero-order valence-electron chi connectivity index (χ0n) is 12.8. The number of methoxy groups -OCH3 is 1. The Morgan fingerprint density at radius 3 is 1.74 bits per heavy atom. The van der Waals surface area contributed by atoms with Crippen LogP contribution in [0.5, 0.6) is 5.06 Å². The number of benzene rings is 1. The maximum Gasteiger partial charge on any atom is 0.174 e. The van der Waals surface area contributed by atoms with Crippen LogP contribution < -0.4 is 4.74 Å². The van der Waals surface area contributed by atoms with E-state index in [0.717, 1.165) is 25.9 Å². The summed E-state index contributed by atoms with van der Waals surface area (Å²) < 4.78 is 5.16. The standard InChI is InChI=1S/C20H14OS2/c1-15-3-10-18(22-15)11-8-16-4-6-17(7-5-16)9-12-19-13-14-20(21-2)23-19/h3-7,10,13-14H,1-2H3. The van der Waals surface area contributed by atoms with Crippen LogP contribution in [0, 0.1) is 30.6 Å². The van der Waals surface area contributed by atoms with Crippen molar-refractivity contribution in [3.8, 4) is 28.7 Å². The van der Waals surface area contributed by atoms with Crippen LogP contribution in [0.4, 0.5) is 0 Å². The van der Waals surface area contributed by atoms with Crippen LogP contribution in [0.3, 0.4) is 0 Å². The van der Waals surface area contributed by atoms with Crippen molar-refractivity contribution in [2.75, 3.05) is 7.11 Å². The third kappa shape index (κ3) is 4.27. The van der Waals surface area contributed by atoms with Crippen molar-refractivity contribution in [3.05, 3.63) is 74.3 Å². The van der Waals surface area contributed by atoms with Crippen molar-refractivity contribution < 1.29 is 4.74 Å². The van der Waals surface area contributed by atoms with E-state index in [0.29, 0.717) is 0 Å². The molecule has 3 heteroatoms.